The molecule has 28 heavy (non-hydrogen) atoms. The van der Waals surface area contributed by atoms with Gasteiger partial charge in [-0.3, -0.25) is 0 Å². The second-order valence-electron chi connectivity index (χ2n) is 8.25. The summed E-state index contributed by atoms with van der Waals surface area (Å²) in [6, 6.07) is 15.6. The van der Waals surface area contributed by atoms with Gasteiger partial charge in [-0.15, -0.1) is 0 Å². The van der Waals surface area contributed by atoms with Crippen molar-refractivity contribution in [2.75, 3.05) is 40.9 Å². The Morgan fingerprint density at radius 2 is 1.68 bits per heavy atom. The summed E-state index contributed by atoms with van der Waals surface area (Å²) in [6.07, 6.45) is 5.56. The van der Waals surface area contributed by atoms with Gasteiger partial charge >= 0.3 is 0 Å². The minimum absolute atomic E-state index is 0.647. The molecular formula is C24H34NO3+. The summed E-state index contributed by atoms with van der Waals surface area (Å²) in [7, 11) is 5.65. The lowest BCUT2D eigenvalue weighted by Gasteiger charge is -2.39. The van der Waals surface area contributed by atoms with Crippen LogP contribution in [-0.2, 0) is 5.60 Å². The molecule has 1 saturated heterocycles. The van der Waals surface area contributed by atoms with Crippen molar-refractivity contribution in [3.8, 4) is 11.5 Å². The Balaban J connectivity index is 1.91. The molecule has 152 valence electrons. The minimum Gasteiger partial charge on any atom is -0.497 e. The molecule has 1 atom stereocenters. The predicted molar refractivity (Wildman–Crippen MR) is 113 cm³/mol. The lowest BCUT2D eigenvalue weighted by molar-refractivity contribution is -0.914. The van der Waals surface area contributed by atoms with Crippen LogP contribution in [0.3, 0.4) is 0 Å². The first-order valence-corrected chi connectivity index (χ1v) is 10.3. The normalized spacial score (nSPS) is 18.3. The number of nitrogens with zero attached hydrogens (tertiary/aromatic N) is 1. The van der Waals surface area contributed by atoms with E-state index >= 15 is 0 Å². The average Bonchev–Trinajstić information content (AvgIpc) is 2.74. The zero-order valence-electron chi connectivity index (χ0n) is 17.5. The van der Waals surface area contributed by atoms with Gasteiger partial charge in [-0.25, -0.2) is 0 Å². The Morgan fingerprint density at radius 3 is 2.32 bits per heavy atom. The lowest BCUT2D eigenvalue weighted by atomic mass is 9.81. The molecule has 0 bridgehead atoms. The van der Waals surface area contributed by atoms with Crippen LogP contribution in [0.1, 0.15) is 43.2 Å². The minimum atomic E-state index is -1.11. The van der Waals surface area contributed by atoms with Crippen LogP contribution in [0.2, 0.25) is 0 Å². The molecule has 4 heteroatoms. The maximum absolute atomic E-state index is 12.0. The van der Waals surface area contributed by atoms with E-state index in [2.05, 4.69) is 7.05 Å². The molecular weight excluding hydrogens is 350 g/mol. The largest absolute Gasteiger partial charge is 0.497 e. The molecule has 1 heterocycles. The Kier molecular flexibility index (Phi) is 6.63. The summed E-state index contributed by atoms with van der Waals surface area (Å²) < 4.78 is 12.2. The lowest BCUT2D eigenvalue weighted by Crippen LogP contribution is -2.48. The summed E-state index contributed by atoms with van der Waals surface area (Å²) in [5, 5.41) is 12.0. The second kappa shape index (κ2) is 8.97. The third kappa shape index (κ3) is 4.50. The van der Waals surface area contributed by atoms with E-state index < -0.39 is 5.60 Å². The van der Waals surface area contributed by atoms with Crippen molar-refractivity contribution in [3.63, 3.8) is 0 Å². The molecule has 1 N–H and O–H groups in total. The molecule has 0 spiro atoms. The summed E-state index contributed by atoms with van der Waals surface area (Å²) >= 11 is 0. The zero-order chi connectivity index (χ0) is 20.0. The number of hydrogen-bond acceptors (Lipinski definition) is 3. The Morgan fingerprint density at radius 1 is 0.964 bits per heavy atom. The van der Waals surface area contributed by atoms with Crippen molar-refractivity contribution < 1.29 is 19.1 Å². The third-order valence-corrected chi connectivity index (χ3v) is 6.24. The first-order chi connectivity index (χ1) is 13.5. The number of quaternary nitrogens is 1. The third-order valence-electron chi connectivity index (χ3n) is 6.24. The van der Waals surface area contributed by atoms with Crippen LogP contribution in [0.5, 0.6) is 11.5 Å². The molecule has 0 aromatic heterocycles. The van der Waals surface area contributed by atoms with Crippen LogP contribution < -0.4 is 9.47 Å². The van der Waals surface area contributed by atoms with E-state index in [-0.39, 0.29) is 0 Å². The summed E-state index contributed by atoms with van der Waals surface area (Å²) in [5.74, 6) is 1.41. The van der Waals surface area contributed by atoms with Crippen LogP contribution in [0.4, 0.5) is 0 Å². The van der Waals surface area contributed by atoms with Crippen LogP contribution >= 0.6 is 0 Å². The van der Waals surface area contributed by atoms with Crippen LogP contribution in [-0.4, -0.2) is 50.5 Å². The van der Waals surface area contributed by atoms with E-state index in [4.69, 9.17) is 9.47 Å². The fraction of sp³-hybridized carbons (Fsp3) is 0.500. The molecule has 3 rings (SSSR count). The van der Waals surface area contributed by atoms with Gasteiger partial charge in [-0.05, 0) is 55.9 Å². The molecule has 4 nitrogen and oxygen atoms in total. The molecule has 1 unspecified atom stereocenters. The predicted octanol–water partition coefficient (Wildman–Crippen LogP) is 4.35. The van der Waals surface area contributed by atoms with Gasteiger partial charge in [0, 0.05) is 5.56 Å². The number of methoxy groups -OCH3 is 2. The summed E-state index contributed by atoms with van der Waals surface area (Å²) in [5.41, 5.74) is 0.542. The van der Waals surface area contributed by atoms with E-state index in [9.17, 15) is 5.11 Å². The quantitative estimate of drug-likeness (QED) is 0.688. The van der Waals surface area contributed by atoms with Gasteiger partial charge in [0.25, 0.3) is 0 Å². The van der Waals surface area contributed by atoms with Gasteiger partial charge < -0.3 is 19.1 Å². The Hall–Kier alpha value is -2.04. The Bertz CT molecular complexity index is 756. The van der Waals surface area contributed by atoms with E-state index in [1.807, 2.05) is 48.5 Å². The number of likely N-dealkylation sites (tertiary alicyclic amines) is 1. The van der Waals surface area contributed by atoms with Crippen LogP contribution in [0.25, 0.3) is 0 Å². The van der Waals surface area contributed by atoms with E-state index in [0.717, 1.165) is 34.3 Å². The van der Waals surface area contributed by atoms with Crippen LogP contribution in [0, 0.1) is 0 Å². The molecule has 0 aliphatic carbocycles. The highest BCUT2D eigenvalue weighted by Crippen LogP contribution is 2.41. The number of piperidine rings is 1. The number of ether oxygens (including phenoxy) is 2. The molecule has 0 radical (unpaired) electrons. The SMILES string of the molecule is COc1ccc(OC)c(C(O)(CCC[N+]2(C)CCCCC2)c2ccccc2)c1. The highest BCUT2D eigenvalue weighted by atomic mass is 16.5. The molecule has 1 fully saturated rings. The molecule has 2 aromatic carbocycles. The number of benzene rings is 2. The van der Waals surface area contributed by atoms with Crippen molar-refractivity contribution in [3.05, 3.63) is 59.7 Å². The fourth-order valence-electron chi connectivity index (χ4n) is 4.50. The molecule has 1 aliphatic rings. The van der Waals surface area contributed by atoms with Gasteiger partial charge in [0.1, 0.15) is 17.1 Å². The maximum Gasteiger partial charge on any atom is 0.125 e. The van der Waals surface area contributed by atoms with Crippen molar-refractivity contribution >= 4 is 0 Å². The zero-order valence-corrected chi connectivity index (χ0v) is 17.5. The van der Waals surface area contributed by atoms with Gasteiger partial charge in [0.2, 0.25) is 0 Å². The van der Waals surface area contributed by atoms with E-state index in [0.29, 0.717) is 12.2 Å². The first-order valence-electron chi connectivity index (χ1n) is 10.3. The fourth-order valence-corrected chi connectivity index (χ4v) is 4.50. The first kappa shape index (κ1) is 20.7. The topological polar surface area (TPSA) is 38.7 Å². The van der Waals surface area contributed by atoms with E-state index in [1.54, 1.807) is 14.2 Å². The standard InChI is InChI=1S/C24H34NO3/c1-25(16-8-5-9-17-25)18-10-15-24(26,20-11-6-4-7-12-20)22-19-21(27-2)13-14-23(22)28-3/h4,6-7,11-14,19,26H,5,8-10,15-18H2,1-3H3/q+1. The van der Waals surface area contributed by atoms with Gasteiger partial charge in [0.15, 0.2) is 0 Å². The number of hydrogen-bond donors (Lipinski definition) is 1. The molecule has 0 amide bonds. The second-order valence-corrected chi connectivity index (χ2v) is 8.25. The highest BCUT2D eigenvalue weighted by Gasteiger charge is 2.36. The molecule has 0 saturated carbocycles. The van der Waals surface area contributed by atoms with E-state index in [1.165, 1.54) is 32.4 Å². The van der Waals surface area contributed by atoms with Crippen molar-refractivity contribution in [1.29, 1.82) is 0 Å². The van der Waals surface area contributed by atoms with Crippen molar-refractivity contribution in [1.82, 2.24) is 0 Å². The van der Waals surface area contributed by atoms with Gasteiger partial charge in [-0.2, -0.15) is 0 Å². The summed E-state index contributed by atoms with van der Waals surface area (Å²) in [4.78, 5) is 0. The van der Waals surface area contributed by atoms with Crippen molar-refractivity contribution in [2.24, 2.45) is 0 Å². The molecule has 1 aliphatic heterocycles. The van der Waals surface area contributed by atoms with Crippen LogP contribution in [0.15, 0.2) is 48.5 Å². The summed E-state index contributed by atoms with van der Waals surface area (Å²) in [6.45, 7) is 3.57. The van der Waals surface area contributed by atoms with Gasteiger partial charge in [-0.1, -0.05) is 30.3 Å². The number of rotatable bonds is 8. The average molecular weight is 385 g/mol. The van der Waals surface area contributed by atoms with Gasteiger partial charge in [0.05, 0.1) is 40.9 Å². The monoisotopic (exact) mass is 384 g/mol. The van der Waals surface area contributed by atoms with Crippen molar-refractivity contribution in [2.45, 2.75) is 37.7 Å². The highest BCUT2D eigenvalue weighted by molar-refractivity contribution is 5.48. The maximum atomic E-state index is 12.0. The smallest absolute Gasteiger partial charge is 0.125 e. The number of aliphatic hydroxyl groups is 1. The Labute approximate surface area is 169 Å². The molecule has 2 aromatic rings.